The van der Waals surface area contributed by atoms with E-state index < -0.39 is 36.4 Å². The molecule has 0 bridgehead atoms. The van der Waals surface area contributed by atoms with Crippen LogP contribution >= 0.6 is 0 Å². The largest absolute Gasteiger partial charge is 0.481 e. The Morgan fingerprint density at radius 2 is 2.04 bits per heavy atom. The minimum absolute atomic E-state index is 0.206. The van der Waals surface area contributed by atoms with Crippen LogP contribution in [-0.4, -0.2) is 65.2 Å². The summed E-state index contributed by atoms with van der Waals surface area (Å²) in [5.41, 5.74) is 12.6. The van der Waals surface area contributed by atoms with Crippen molar-refractivity contribution >= 4 is 23.0 Å². The molecular formula is C16H24N6O5. The fraction of sp³-hybridized carbons (Fsp3) is 0.625. The molecule has 2 aromatic rings. The number of nitrogens with zero attached hydrogens (tertiary/aromatic N) is 4. The first-order valence-electron chi connectivity index (χ1n) is 8.72. The van der Waals surface area contributed by atoms with Gasteiger partial charge < -0.3 is 31.5 Å². The first-order valence-corrected chi connectivity index (χ1v) is 8.72. The van der Waals surface area contributed by atoms with Crippen molar-refractivity contribution in [1.82, 2.24) is 19.5 Å². The van der Waals surface area contributed by atoms with E-state index in [1.54, 1.807) is 6.92 Å². The number of aromatic nitrogens is 4. The summed E-state index contributed by atoms with van der Waals surface area (Å²) < 4.78 is 7.33. The van der Waals surface area contributed by atoms with E-state index in [9.17, 15) is 15.0 Å². The second-order valence-corrected chi connectivity index (χ2v) is 6.94. The third-order valence-electron chi connectivity index (χ3n) is 4.93. The molecule has 3 heterocycles. The fourth-order valence-electron chi connectivity index (χ4n) is 3.21. The number of aliphatic hydroxyl groups is 2. The van der Waals surface area contributed by atoms with Gasteiger partial charge in [-0.3, -0.25) is 9.36 Å². The van der Waals surface area contributed by atoms with E-state index in [0.29, 0.717) is 24.0 Å². The highest BCUT2D eigenvalue weighted by atomic mass is 16.6. The number of rotatable bonds is 7. The molecular weight excluding hydrogens is 356 g/mol. The lowest BCUT2D eigenvalue weighted by Gasteiger charge is -2.20. The van der Waals surface area contributed by atoms with Crippen LogP contribution in [0.5, 0.6) is 0 Å². The number of nitrogen functional groups attached to an aromatic ring is 1. The third-order valence-corrected chi connectivity index (χ3v) is 4.93. The lowest BCUT2D eigenvalue weighted by atomic mass is 9.96. The van der Waals surface area contributed by atoms with Gasteiger partial charge in [0.15, 0.2) is 17.7 Å². The molecule has 7 N–H and O–H groups in total. The maximum Gasteiger partial charge on any atom is 0.306 e. The number of hydrogen-bond acceptors (Lipinski definition) is 9. The van der Waals surface area contributed by atoms with Crippen LogP contribution < -0.4 is 11.5 Å². The van der Waals surface area contributed by atoms with Gasteiger partial charge >= 0.3 is 5.97 Å². The smallest absolute Gasteiger partial charge is 0.306 e. The number of carboxylic acids is 1. The first kappa shape index (κ1) is 19.4. The molecule has 1 aliphatic heterocycles. The molecule has 148 valence electrons. The van der Waals surface area contributed by atoms with E-state index in [2.05, 4.69) is 15.0 Å². The van der Waals surface area contributed by atoms with E-state index in [0.717, 1.165) is 0 Å². The SMILES string of the molecule is C[C@@H](CC[C@H](N)C[C@H]1O[C@@H](n2cnc3c(N)ncnc32)[C@H](O)[C@@H]1O)C(=O)O. The van der Waals surface area contributed by atoms with Gasteiger partial charge in [-0.1, -0.05) is 6.92 Å². The van der Waals surface area contributed by atoms with Crippen LogP contribution in [0.1, 0.15) is 32.4 Å². The predicted molar refractivity (Wildman–Crippen MR) is 94.3 cm³/mol. The number of carbonyl (C=O) groups is 1. The quantitative estimate of drug-likeness (QED) is 0.409. The number of hydrogen-bond donors (Lipinski definition) is 5. The third kappa shape index (κ3) is 3.86. The average molecular weight is 380 g/mol. The van der Waals surface area contributed by atoms with Crippen molar-refractivity contribution < 1.29 is 24.9 Å². The van der Waals surface area contributed by atoms with Crippen LogP contribution in [0.15, 0.2) is 12.7 Å². The lowest BCUT2D eigenvalue weighted by Crippen LogP contribution is -2.35. The molecule has 3 rings (SSSR count). The molecule has 0 aliphatic carbocycles. The van der Waals surface area contributed by atoms with Crippen molar-refractivity contribution in [2.24, 2.45) is 11.7 Å². The highest BCUT2D eigenvalue weighted by molar-refractivity contribution is 5.81. The number of aliphatic hydroxyl groups excluding tert-OH is 2. The van der Waals surface area contributed by atoms with Crippen molar-refractivity contribution in [3.63, 3.8) is 0 Å². The van der Waals surface area contributed by atoms with E-state index in [4.69, 9.17) is 21.3 Å². The normalized spacial score (nSPS) is 27.7. The molecule has 0 aromatic carbocycles. The first-order chi connectivity index (χ1) is 12.8. The maximum atomic E-state index is 10.9. The zero-order chi connectivity index (χ0) is 19.7. The highest BCUT2D eigenvalue weighted by Crippen LogP contribution is 2.33. The molecule has 1 fully saturated rings. The van der Waals surface area contributed by atoms with Crippen LogP contribution in [-0.2, 0) is 9.53 Å². The van der Waals surface area contributed by atoms with Gasteiger partial charge in [0.05, 0.1) is 18.3 Å². The molecule has 0 spiro atoms. The zero-order valence-electron chi connectivity index (χ0n) is 14.8. The monoisotopic (exact) mass is 380 g/mol. The molecule has 0 saturated carbocycles. The van der Waals surface area contributed by atoms with Crippen LogP contribution in [0, 0.1) is 5.92 Å². The number of anilines is 1. The maximum absolute atomic E-state index is 10.9. The minimum Gasteiger partial charge on any atom is -0.481 e. The molecule has 1 aliphatic rings. The number of imidazole rings is 1. The van der Waals surface area contributed by atoms with Crippen molar-refractivity contribution in [3.8, 4) is 0 Å². The standard InChI is InChI=1S/C16H24N6O5/c1-7(16(25)26)2-3-8(17)4-9-11(23)12(24)15(27-9)22-6-21-10-13(18)19-5-20-14(10)22/h5-9,11-12,15,23-24H,2-4,17H2,1H3,(H,25,26)(H2,18,19,20)/t7-,8-,9+,11+,12+,15+/m0/s1. The Balaban J connectivity index is 1.68. The molecule has 11 heteroatoms. The summed E-state index contributed by atoms with van der Waals surface area (Å²) in [7, 11) is 0. The summed E-state index contributed by atoms with van der Waals surface area (Å²) in [5.74, 6) is -1.16. The Labute approximate surface area is 155 Å². The molecule has 0 amide bonds. The number of aliphatic carboxylic acids is 1. The van der Waals surface area contributed by atoms with Crippen molar-refractivity contribution in [2.45, 2.75) is 56.8 Å². The van der Waals surface area contributed by atoms with Gasteiger partial charge in [0.1, 0.15) is 24.1 Å². The van der Waals surface area contributed by atoms with Crippen molar-refractivity contribution in [2.75, 3.05) is 5.73 Å². The summed E-state index contributed by atoms with van der Waals surface area (Å²) in [5, 5.41) is 29.7. The summed E-state index contributed by atoms with van der Waals surface area (Å²) in [6.45, 7) is 1.62. The molecule has 0 radical (unpaired) electrons. The predicted octanol–water partition coefficient (Wildman–Crippen LogP) is -0.754. The summed E-state index contributed by atoms with van der Waals surface area (Å²) in [6.07, 6.45) is -0.0519. The van der Waals surface area contributed by atoms with Gasteiger partial charge in [0.2, 0.25) is 0 Å². The van der Waals surface area contributed by atoms with Crippen LogP contribution in [0.25, 0.3) is 11.2 Å². The highest BCUT2D eigenvalue weighted by Gasteiger charge is 2.44. The lowest BCUT2D eigenvalue weighted by molar-refractivity contribution is -0.141. The van der Waals surface area contributed by atoms with E-state index in [1.807, 2.05) is 0 Å². The number of fused-ring (bicyclic) bond motifs is 1. The molecule has 2 aromatic heterocycles. The molecule has 27 heavy (non-hydrogen) atoms. The zero-order valence-corrected chi connectivity index (χ0v) is 14.8. The molecule has 0 unspecified atom stereocenters. The molecule has 11 nitrogen and oxygen atoms in total. The second kappa shape index (κ2) is 7.72. The van der Waals surface area contributed by atoms with Crippen molar-refractivity contribution in [1.29, 1.82) is 0 Å². The van der Waals surface area contributed by atoms with Crippen LogP contribution in [0.4, 0.5) is 5.82 Å². The number of nitrogens with two attached hydrogens (primary N) is 2. The Kier molecular flexibility index (Phi) is 5.56. The van der Waals surface area contributed by atoms with Crippen LogP contribution in [0.2, 0.25) is 0 Å². The van der Waals surface area contributed by atoms with E-state index >= 15 is 0 Å². The fourth-order valence-corrected chi connectivity index (χ4v) is 3.21. The summed E-state index contributed by atoms with van der Waals surface area (Å²) in [6, 6.07) is -0.366. The van der Waals surface area contributed by atoms with Gasteiger partial charge in [-0.05, 0) is 19.3 Å². The minimum atomic E-state index is -1.20. The Bertz CT molecular complexity index is 814. The second-order valence-electron chi connectivity index (χ2n) is 6.94. The summed E-state index contributed by atoms with van der Waals surface area (Å²) >= 11 is 0. The Morgan fingerprint density at radius 1 is 1.30 bits per heavy atom. The number of ether oxygens (including phenoxy) is 1. The van der Waals surface area contributed by atoms with Gasteiger partial charge in [-0.15, -0.1) is 0 Å². The van der Waals surface area contributed by atoms with Gasteiger partial charge in [-0.25, -0.2) is 15.0 Å². The average Bonchev–Trinajstić information content (AvgIpc) is 3.17. The van der Waals surface area contributed by atoms with E-state index in [-0.39, 0.29) is 18.3 Å². The van der Waals surface area contributed by atoms with Crippen molar-refractivity contribution in [3.05, 3.63) is 12.7 Å². The molecule has 6 atom stereocenters. The van der Waals surface area contributed by atoms with Gasteiger partial charge in [0, 0.05) is 6.04 Å². The van der Waals surface area contributed by atoms with Gasteiger partial charge in [0.25, 0.3) is 0 Å². The van der Waals surface area contributed by atoms with Crippen LogP contribution in [0.3, 0.4) is 0 Å². The topological polar surface area (TPSA) is 183 Å². The summed E-state index contributed by atoms with van der Waals surface area (Å²) in [4.78, 5) is 23.0. The Hall–Kier alpha value is -2.34. The number of carboxylic acid groups (broad SMARTS) is 1. The Morgan fingerprint density at radius 3 is 2.74 bits per heavy atom. The van der Waals surface area contributed by atoms with E-state index in [1.165, 1.54) is 17.2 Å². The molecule has 1 saturated heterocycles. The van der Waals surface area contributed by atoms with Gasteiger partial charge in [-0.2, -0.15) is 0 Å².